The van der Waals surface area contributed by atoms with E-state index in [2.05, 4.69) is 13.8 Å². The number of nitrogens with two attached hydrogens (primary N) is 1. The molecule has 0 spiro atoms. The van der Waals surface area contributed by atoms with Crippen LogP contribution in [0.2, 0.25) is 6.04 Å². The molecule has 0 saturated heterocycles. The van der Waals surface area contributed by atoms with Crippen LogP contribution in [0.15, 0.2) is 0 Å². The van der Waals surface area contributed by atoms with Crippen molar-refractivity contribution in [3.05, 3.63) is 0 Å². The Morgan fingerprint density at radius 2 is 1.83 bits per heavy atom. The second kappa shape index (κ2) is 6.25. The van der Waals surface area contributed by atoms with E-state index in [1.165, 1.54) is 0 Å². The zero-order valence-electron chi connectivity index (χ0n) is 7.95. The van der Waals surface area contributed by atoms with Crippen molar-refractivity contribution < 1.29 is 0 Å². The third kappa shape index (κ3) is 4.70. The summed E-state index contributed by atoms with van der Waals surface area (Å²) in [7, 11) is 0. The lowest BCUT2D eigenvalue weighted by molar-refractivity contribution is 0.733. The maximum absolute atomic E-state index is 6.22. The van der Waals surface area contributed by atoms with Gasteiger partial charge in [-0.25, -0.2) is 0 Å². The molecular weight excluding hydrogens is 209 g/mol. The van der Waals surface area contributed by atoms with Gasteiger partial charge in [0.2, 0.25) is 0 Å². The summed E-state index contributed by atoms with van der Waals surface area (Å²) in [6, 6.07) is 0.938. The van der Waals surface area contributed by atoms with Crippen LogP contribution in [0.5, 0.6) is 0 Å². The molecule has 0 saturated carbocycles. The molecule has 1 unspecified atom stereocenters. The SMILES string of the molecule is CCCC[Si](Cl)(Cl)C(N)CCC. The van der Waals surface area contributed by atoms with E-state index in [9.17, 15) is 0 Å². The van der Waals surface area contributed by atoms with Crippen molar-refractivity contribution in [3.8, 4) is 0 Å². The molecule has 0 aromatic carbocycles. The molecule has 2 N–H and O–H groups in total. The van der Waals surface area contributed by atoms with Gasteiger partial charge in [-0.15, -0.1) is 22.2 Å². The van der Waals surface area contributed by atoms with Gasteiger partial charge in [0.05, 0.1) is 0 Å². The lowest BCUT2D eigenvalue weighted by Crippen LogP contribution is -2.43. The van der Waals surface area contributed by atoms with E-state index in [0.29, 0.717) is 0 Å². The van der Waals surface area contributed by atoms with Crippen LogP contribution >= 0.6 is 22.2 Å². The second-order valence-electron chi connectivity index (χ2n) is 3.26. The molecule has 0 radical (unpaired) electrons. The molecule has 0 aromatic heterocycles. The predicted octanol–water partition coefficient (Wildman–Crippen LogP) is 3.37. The maximum Gasteiger partial charge on any atom is 0.267 e. The molecule has 4 heteroatoms. The third-order valence-electron chi connectivity index (χ3n) is 2.01. The van der Waals surface area contributed by atoms with Crippen molar-refractivity contribution >= 4 is 28.9 Å². The zero-order chi connectivity index (χ0) is 9.61. The van der Waals surface area contributed by atoms with Crippen LogP contribution in [-0.2, 0) is 0 Å². The standard InChI is InChI=1S/C8H19Cl2NSi/c1-3-5-7-12(9,10)8(11)6-4-2/h8H,3-7,11H2,1-2H3. The smallest absolute Gasteiger partial charge is 0.267 e. The lowest BCUT2D eigenvalue weighted by Gasteiger charge is -2.23. The van der Waals surface area contributed by atoms with Gasteiger partial charge in [-0.3, -0.25) is 0 Å². The fourth-order valence-corrected chi connectivity index (χ4v) is 4.48. The van der Waals surface area contributed by atoms with Crippen LogP contribution < -0.4 is 5.73 Å². The molecule has 0 heterocycles. The molecule has 0 aromatic rings. The highest BCUT2D eigenvalue weighted by atomic mass is 35.7. The fourth-order valence-electron chi connectivity index (χ4n) is 1.12. The van der Waals surface area contributed by atoms with Crippen molar-refractivity contribution in [2.75, 3.05) is 0 Å². The molecule has 0 aliphatic rings. The summed E-state index contributed by atoms with van der Waals surface area (Å²) in [6.45, 7) is 2.13. The molecular formula is C8H19Cl2NSi. The summed E-state index contributed by atoms with van der Waals surface area (Å²) in [6.07, 6.45) is 4.29. The summed E-state index contributed by atoms with van der Waals surface area (Å²) < 4.78 is 0. The first-order valence-electron chi connectivity index (χ1n) is 4.68. The first-order chi connectivity index (χ1) is 5.54. The summed E-state index contributed by atoms with van der Waals surface area (Å²) >= 11 is 12.4. The van der Waals surface area contributed by atoms with Gasteiger partial charge < -0.3 is 5.73 Å². The Balaban J connectivity index is 3.81. The quantitative estimate of drug-likeness (QED) is 0.547. The molecule has 1 atom stereocenters. The van der Waals surface area contributed by atoms with E-state index in [-0.39, 0.29) is 5.67 Å². The van der Waals surface area contributed by atoms with E-state index in [0.717, 1.165) is 31.7 Å². The van der Waals surface area contributed by atoms with Gasteiger partial charge >= 0.3 is 0 Å². The number of unbranched alkanes of at least 4 members (excludes halogenated alkanes) is 1. The van der Waals surface area contributed by atoms with E-state index >= 15 is 0 Å². The Bertz CT molecular complexity index is 120. The first-order valence-corrected chi connectivity index (χ1v) is 8.98. The average Bonchev–Trinajstić information content (AvgIpc) is 2.01. The van der Waals surface area contributed by atoms with Crippen LogP contribution in [0.25, 0.3) is 0 Å². The molecule has 0 aliphatic heterocycles. The minimum Gasteiger partial charge on any atom is -0.328 e. The van der Waals surface area contributed by atoms with Gasteiger partial charge in [0.1, 0.15) is 0 Å². The van der Waals surface area contributed by atoms with Crippen LogP contribution in [0.4, 0.5) is 0 Å². The van der Waals surface area contributed by atoms with Crippen LogP contribution in [0.3, 0.4) is 0 Å². The Morgan fingerprint density at radius 3 is 2.25 bits per heavy atom. The maximum atomic E-state index is 6.22. The number of hydrogen-bond acceptors (Lipinski definition) is 1. The summed E-state index contributed by atoms with van der Waals surface area (Å²) in [5.41, 5.74) is 5.95. The Labute approximate surface area is 86.0 Å². The monoisotopic (exact) mass is 227 g/mol. The second-order valence-corrected chi connectivity index (χ2v) is 10.7. The van der Waals surface area contributed by atoms with E-state index in [4.69, 9.17) is 27.9 Å². The topological polar surface area (TPSA) is 26.0 Å². The fraction of sp³-hybridized carbons (Fsp3) is 1.00. The highest BCUT2D eigenvalue weighted by Gasteiger charge is 2.34. The molecule has 0 amide bonds. The zero-order valence-corrected chi connectivity index (χ0v) is 10.5. The Morgan fingerprint density at radius 1 is 1.25 bits per heavy atom. The summed E-state index contributed by atoms with van der Waals surface area (Å²) in [5.74, 6) is 0. The Hall–Kier alpha value is 0.757. The van der Waals surface area contributed by atoms with Crippen molar-refractivity contribution in [3.63, 3.8) is 0 Å². The molecule has 74 valence electrons. The van der Waals surface area contributed by atoms with Gasteiger partial charge in [0, 0.05) is 5.67 Å². The van der Waals surface area contributed by atoms with E-state index in [1.807, 2.05) is 0 Å². The first kappa shape index (κ1) is 12.8. The van der Waals surface area contributed by atoms with Gasteiger partial charge in [-0.05, 0) is 12.5 Å². The van der Waals surface area contributed by atoms with Crippen LogP contribution in [0, 0.1) is 0 Å². The molecule has 0 rings (SSSR count). The minimum atomic E-state index is -2.13. The number of halogens is 2. The Kier molecular flexibility index (Phi) is 6.64. The third-order valence-corrected chi connectivity index (χ3v) is 7.22. The van der Waals surface area contributed by atoms with Crippen molar-refractivity contribution in [2.45, 2.75) is 51.2 Å². The molecule has 0 aliphatic carbocycles. The molecule has 1 nitrogen and oxygen atoms in total. The van der Waals surface area contributed by atoms with E-state index < -0.39 is 6.69 Å². The lowest BCUT2D eigenvalue weighted by atomic mass is 10.3. The highest BCUT2D eigenvalue weighted by molar-refractivity contribution is 7.46. The minimum absolute atomic E-state index is 0.0531. The summed E-state index contributed by atoms with van der Waals surface area (Å²) in [5, 5.41) is 0. The van der Waals surface area contributed by atoms with Crippen LogP contribution in [-0.4, -0.2) is 12.4 Å². The van der Waals surface area contributed by atoms with Gasteiger partial charge in [-0.1, -0.05) is 33.1 Å². The van der Waals surface area contributed by atoms with Gasteiger partial charge in [0.15, 0.2) is 0 Å². The molecule has 12 heavy (non-hydrogen) atoms. The number of rotatable bonds is 6. The van der Waals surface area contributed by atoms with Gasteiger partial charge in [0.25, 0.3) is 6.69 Å². The normalized spacial score (nSPS) is 14.8. The largest absolute Gasteiger partial charge is 0.328 e. The van der Waals surface area contributed by atoms with E-state index in [1.54, 1.807) is 0 Å². The van der Waals surface area contributed by atoms with Crippen molar-refractivity contribution in [2.24, 2.45) is 5.73 Å². The van der Waals surface area contributed by atoms with Crippen molar-refractivity contribution in [1.82, 2.24) is 0 Å². The van der Waals surface area contributed by atoms with Crippen LogP contribution in [0.1, 0.15) is 39.5 Å². The highest BCUT2D eigenvalue weighted by Crippen LogP contribution is 2.27. The predicted molar refractivity (Wildman–Crippen MR) is 60.1 cm³/mol. The molecule has 0 bridgehead atoms. The number of hydrogen-bond donors (Lipinski definition) is 1. The van der Waals surface area contributed by atoms with Gasteiger partial charge in [-0.2, -0.15) is 0 Å². The molecule has 0 fully saturated rings. The van der Waals surface area contributed by atoms with Crippen molar-refractivity contribution in [1.29, 1.82) is 0 Å². The summed E-state index contributed by atoms with van der Waals surface area (Å²) in [4.78, 5) is 0. The average molecular weight is 228 g/mol.